The molecule has 1 spiro atoms. The van der Waals surface area contributed by atoms with Crippen LogP contribution in [0.3, 0.4) is 0 Å². The number of esters is 1. The van der Waals surface area contributed by atoms with Crippen LogP contribution in [0.15, 0.2) is 52.5 Å². The van der Waals surface area contributed by atoms with Gasteiger partial charge in [-0.15, -0.1) is 0 Å². The average molecular weight is 1030 g/mol. The Morgan fingerprint density at radius 3 is 2.50 bits per heavy atom. The van der Waals surface area contributed by atoms with Gasteiger partial charge in [0.15, 0.2) is 0 Å². The van der Waals surface area contributed by atoms with Crippen molar-refractivity contribution in [1.82, 2.24) is 25.8 Å². The largest absolute Gasteiger partial charge is 0.507 e. The third-order valence-electron chi connectivity index (χ3n) is 13.6. The molecule has 8 rings (SSSR count). The van der Waals surface area contributed by atoms with Gasteiger partial charge in [0, 0.05) is 92.1 Å². The number of Topliss-reactive ketones (excluding diaryl/α,β-unsaturated/α-hetero) is 2. The van der Waals surface area contributed by atoms with Crippen molar-refractivity contribution in [2.45, 2.75) is 107 Å². The molecule has 1 aromatic rings. The first-order chi connectivity index (χ1) is 31.3. The number of nitrogens with one attached hydrogen (secondary N) is 3. The number of aliphatic hydroxyl groups is 1. The number of aliphatic hydroxyl groups excluding tert-OH is 1. The number of alkyl halides is 1. The molecule has 0 saturated carbocycles. The number of aliphatic imine (C=N–C) groups is 1. The third-order valence-corrected chi connectivity index (χ3v) is 14.0. The minimum atomic E-state index is -1.99. The molecule has 1 aliphatic carbocycles. The van der Waals surface area contributed by atoms with E-state index in [9.17, 15) is 34.2 Å². The maximum atomic E-state index is 14.8. The molecule has 6 aliphatic heterocycles. The second-order valence-electron chi connectivity index (χ2n) is 18.8. The number of phenolic OH excluding ortho intramolecular Hbond substituents is 1. The van der Waals surface area contributed by atoms with Crippen molar-refractivity contribution in [1.29, 1.82) is 0 Å². The van der Waals surface area contributed by atoms with Crippen LogP contribution in [0.2, 0.25) is 0 Å². The molecule has 66 heavy (non-hydrogen) atoms. The molecule has 358 valence electrons. The van der Waals surface area contributed by atoms with E-state index in [0.29, 0.717) is 36.4 Å². The van der Waals surface area contributed by atoms with Gasteiger partial charge in [-0.1, -0.05) is 61.6 Å². The maximum absolute atomic E-state index is 14.8. The molecule has 2 amide bonds. The number of ether oxygens (including phenoxy) is 4. The number of rotatable bonds is 8. The van der Waals surface area contributed by atoms with Gasteiger partial charge in [0.1, 0.15) is 35.4 Å². The summed E-state index contributed by atoms with van der Waals surface area (Å²) in [6.07, 6.45) is 6.67. The second kappa shape index (κ2) is 19.9. The minimum absolute atomic E-state index is 0.00386. The molecular formula is C48H63IN6O11. The number of phenols is 1. The van der Waals surface area contributed by atoms with E-state index in [0.717, 1.165) is 32.5 Å². The highest BCUT2D eigenvalue weighted by Crippen LogP contribution is 2.50. The lowest BCUT2D eigenvalue weighted by molar-refractivity contribution is -0.165. The fourth-order valence-electron chi connectivity index (χ4n) is 9.75. The van der Waals surface area contributed by atoms with Crippen LogP contribution in [0.1, 0.15) is 98.6 Å². The number of hydrogen-bond donors (Lipinski definition) is 5. The van der Waals surface area contributed by atoms with Crippen molar-refractivity contribution >= 4 is 57.7 Å². The average Bonchev–Trinajstić information content (AvgIpc) is 3.77. The first-order valence-electron chi connectivity index (χ1n) is 22.8. The van der Waals surface area contributed by atoms with Crippen LogP contribution in [-0.2, 0) is 28.6 Å². The summed E-state index contributed by atoms with van der Waals surface area (Å²) in [5, 5.41) is 32.8. The summed E-state index contributed by atoms with van der Waals surface area (Å²) in [5.41, 5.74) is -0.268. The molecule has 17 nitrogen and oxygen atoms in total. The molecular weight excluding hydrogens is 963 g/mol. The molecule has 5 bridgehead atoms. The number of carbonyl (C=O) groups excluding carboxylic acids is 5. The van der Waals surface area contributed by atoms with E-state index in [1.807, 2.05) is 7.05 Å². The summed E-state index contributed by atoms with van der Waals surface area (Å²) in [4.78, 5) is 79.5. The number of methoxy groups -OCH3 is 1. The molecule has 3 unspecified atom stereocenters. The summed E-state index contributed by atoms with van der Waals surface area (Å²) in [5.74, 6) is -6.84. The van der Waals surface area contributed by atoms with Gasteiger partial charge in [-0.25, -0.2) is 0 Å². The zero-order valence-corrected chi connectivity index (χ0v) is 41.2. The standard InChI is InChI=1S/C48H63IN6O11/c1-25-11-9-12-26(2)46(62)51-39-38-37(52-48(53-38)15-18-55(19-16-48)23-27(3)49)34-35(42(39)60)41(59)29(5)43-36(34)45(61)47(6,66-43)64-20-14-31(63-8)28(4)44(40(25)58)65-33(57)21-32(56)50-22-30-13-10-17-54(7)24-30/h9,11-12,14,20,25,27-28,30-31,40,44,53,58-59H,10,13,15-19,21-24H2,1-8H3,(H,50,56)(H,51,62)/b11-9+,20-14+,26-12-/t25-,27?,28+,30?,31-,40-,44?,47-/m0/s1. The molecule has 7 aliphatic rings. The van der Waals surface area contributed by atoms with Gasteiger partial charge in [0.05, 0.1) is 41.0 Å². The van der Waals surface area contributed by atoms with Crippen LogP contribution in [0, 0.1) is 24.7 Å². The molecule has 18 heteroatoms. The van der Waals surface area contributed by atoms with Gasteiger partial charge < -0.3 is 54.9 Å². The zero-order valence-electron chi connectivity index (χ0n) is 39.0. The van der Waals surface area contributed by atoms with E-state index in [1.165, 1.54) is 39.4 Å². The Labute approximate surface area is 399 Å². The monoisotopic (exact) mass is 1030 g/mol. The van der Waals surface area contributed by atoms with Crippen LogP contribution in [-0.4, -0.2) is 142 Å². The Morgan fingerprint density at radius 2 is 1.82 bits per heavy atom. The Kier molecular flexibility index (Phi) is 14.9. The predicted molar refractivity (Wildman–Crippen MR) is 253 cm³/mol. The fraction of sp³-hybridized carbons (Fsp3) is 0.583. The van der Waals surface area contributed by atoms with Crippen molar-refractivity contribution in [3.05, 3.63) is 69.8 Å². The van der Waals surface area contributed by atoms with E-state index in [-0.39, 0.29) is 56.6 Å². The number of benzene rings is 1. The van der Waals surface area contributed by atoms with Crippen LogP contribution >= 0.6 is 22.6 Å². The van der Waals surface area contributed by atoms with E-state index in [4.69, 9.17) is 23.9 Å². The minimum Gasteiger partial charge on any atom is -0.507 e. The van der Waals surface area contributed by atoms with Gasteiger partial charge in [0.25, 0.3) is 11.7 Å². The Balaban J connectivity index is 1.23. The third kappa shape index (κ3) is 9.98. The SMILES string of the molecule is CO[C@H]1/C=C/O[C@@]2(C)Oc3c(C)c(O)c4c(c3C2=O)C2=NC3(CCN(CC(C)I)CC3)NC2=C(NC(=O)/C(C)=C\C=C\[C@H](C)[C@H](O)C(OC(=O)CC(=O)NCC2CCCN(C)C2)[C@@H]1C)C4=O. The quantitative estimate of drug-likeness (QED) is 0.108. The number of likely N-dealkylation sites (tertiary alicyclic amines) is 2. The van der Waals surface area contributed by atoms with Crippen molar-refractivity contribution in [2.75, 3.05) is 53.4 Å². The van der Waals surface area contributed by atoms with Crippen LogP contribution in [0.5, 0.6) is 11.5 Å². The highest BCUT2D eigenvalue weighted by atomic mass is 127. The second-order valence-corrected chi connectivity index (χ2v) is 21.0. The van der Waals surface area contributed by atoms with E-state index in [1.54, 1.807) is 32.9 Å². The van der Waals surface area contributed by atoms with E-state index in [2.05, 4.69) is 55.3 Å². The number of amides is 2. The maximum Gasteiger partial charge on any atom is 0.315 e. The van der Waals surface area contributed by atoms with Gasteiger partial charge in [-0.2, -0.15) is 0 Å². The lowest BCUT2D eigenvalue weighted by Crippen LogP contribution is -2.51. The van der Waals surface area contributed by atoms with Crippen LogP contribution in [0.4, 0.5) is 0 Å². The lowest BCUT2D eigenvalue weighted by atomic mass is 9.82. The summed E-state index contributed by atoms with van der Waals surface area (Å²) >= 11 is 2.40. The number of piperidine rings is 2. The summed E-state index contributed by atoms with van der Waals surface area (Å²) in [6, 6.07) is 0. The molecule has 2 fully saturated rings. The number of hydrogen-bond acceptors (Lipinski definition) is 15. The number of ketones is 2. The molecule has 6 heterocycles. The number of halogens is 1. The van der Waals surface area contributed by atoms with Crippen molar-refractivity contribution < 1.29 is 53.1 Å². The van der Waals surface area contributed by atoms with Crippen molar-refractivity contribution in [2.24, 2.45) is 22.7 Å². The van der Waals surface area contributed by atoms with Gasteiger partial charge in [-0.05, 0) is 52.3 Å². The summed E-state index contributed by atoms with van der Waals surface area (Å²) in [7, 11) is 3.46. The first kappa shape index (κ1) is 49.3. The zero-order chi connectivity index (χ0) is 47.8. The number of fused-ring (bicyclic) bond motifs is 10. The first-order valence-corrected chi connectivity index (χ1v) is 24.0. The molecule has 0 radical (unpaired) electrons. The topological polar surface area (TPSA) is 218 Å². The Bertz CT molecular complexity index is 2300. The molecule has 1 aromatic carbocycles. The van der Waals surface area contributed by atoms with Gasteiger partial charge in [0.2, 0.25) is 11.7 Å². The Hall–Kier alpha value is -4.63. The number of nitrogens with zero attached hydrogens (tertiary/aromatic N) is 3. The van der Waals surface area contributed by atoms with E-state index < -0.39 is 83.1 Å². The smallest absolute Gasteiger partial charge is 0.315 e. The molecule has 8 atom stereocenters. The normalized spacial score (nSPS) is 31.3. The highest BCUT2D eigenvalue weighted by Gasteiger charge is 2.54. The highest BCUT2D eigenvalue weighted by molar-refractivity contribution is 14.1. The number of carbonyl (C=O) groups is 5. The number of aromatic hydroxyl groups is 1. The lowest BCUT2D eigenvalue weighted by Gasteiger charge is -2.38. The van der Waals surface area contributed by atoms with Crippen molar-refractivity contribution in [3.8, 4) is 11.5 Å². The Morgan fingerprint density at radius 1 is 1.09 bits per heavy atom. The van der Waals surface area contributed by atoms with E-state index >= 15 is 0 Å². The fourth-order valence-corrected chi connectivity index (χ4v) is 10.3. The number of allylic oxidation sites excluding steroid dienone is 4. The summed E-state index contributed by atoms with van der Waals surface area (Å²) < 4.78 is 24.5. The molecule has 0 aromatic heterocycles. The van der Waals surface area contributed by atoms with Crippen LogP contribution < -0.4 is 20.7 Å². The van der Waals surface area contributed by atoms with Gasteiger partial charge >= 0.3 is 11.8 Å². The molecule has 2 saturated heterocycles. The molecule has 5 N–H and O–H groups in total. The predicted octanol–water partition coefficient (Wildman–Crippen LogP) is 3.98. The van der Waals surface area contributed by atoms with Crippen LogP contribution in [0.25, 0.3) is 0 Å². The van der Waals surface area contributed by atoms with Gasteiger partial charge in [-0.3, -0.25) is 29.0 Å². The summed E-state index contributed by atoms with van der Waals surface area (Å²) in [6.45, 7) is 14.7. The van der Waals surface area contributed by atoms with Crippen molar-refractivity contribution in [3.63, 3.8) is 0 Å².